The SMILES string of the molecule is N#Cc1c(N)nc(N)nc1NCCc1nc2cccc(F)c2c(=O)n1-c1cc(Cl)cc(C(F)F)c1. The molecule has 35 heavy (non-hydrogen) atoms. The average molecular weight is 501 g/mol. The molecule has 0 atom stereocenters. The quantitative estimate of drug-likeness (QED) is 0.363. The number of anilines is 3. The van der Waals surface area contributed by atoms with Crippen LogP contribution in [0.25, 0.3) is 16.6 Å². The lowest BCUT2D eigenvalue weighted by Gasteiger charge is -2.16. The number of nitrogens with one attached hydrogen (secondary N) is 1. The second-order valence-corrected chi connectivity index (χ2v) is 7.76. The van der Waals surface area contributed by atoms with E-state index < -0.39 is 23.4 Å². The summed E-state index contributed by atoms with van der Waals surface area (Å²) in [6.45, 7) is 0.0695. The van der Waals surface area contributed by atoms with E-state index in [9.17, 15) is 23.2 Å². The molecule has 0 aliphatic heterocycles. The summed E-state index contributed by atoms with van der Waals surface area (Å²) in [7, 11) is 0. The first-order valence-electron chi connectivity index (χ1n) is 10.1. The fourth-order valence-electron chi connectivity index (χ4n) is 3.55. The molecule has 0 spiro atoms. The summed E-state index contributed by atoms with van der Waals surface area (Å²) < 4.78 is 42.3. The summed E-state index contributed by atoms with van der Waals surface area (Å²) in [4.78, 5) is 25.4. The number of nitrogen functional groups attached to an aromatic ring is 2. The topological polar surface area (TPSA) is 149 Å². The van der Waals surface area contributed by atoms with Crippen molar-refractivity contribution in [3.63, 3.8) is 0 Å². The molecule has 9 nitrogen and oxygen atoms in total. The van der Waals surface area contributed by atoms with Crippen molar-refractivity contribution >= 4 is 40.1 Å². The highest BCUT2D eigenvalue weighted by Gasteiger charge is 2.19. The second-order valence-electron chi connectivity index (χ2n) is 7.33. The molecule has 13 heteroatoms. The van der Waals surface area contributed by atoms with Gasteiger partial charge in [-0.25, -0.2) is 18.2 Å². The van der Waals surface area contributed by atoms with Crippen molar-refractivity contribution in [1.29, 1.82) is 5.26 Å². The lowest BCUT2D eigenvalue weighted by atomic mass is 10.1. The Hall–Kier alpha value is -4.37. The molecule has 2 aromatic heterocycles. The summed E-state index contributed by atoms with van der Waals surface area (Å²) in [5.41, 5.74) is 10.2. The molecule has 0 bridgehead atoms. The van der Waals surface area contributed by atoms with Crippen LogP contribution in [0.2, 0.25) is 5.02 Å². The summed E-state index contributed by atoms with van der Waals surface area (Å²) in [6.07, 6.45) is -2.82. The Balaban J connectivity index is 1.81. The van der Waals surface area contributed by atoms with Crippen molar-refractivity contribution in [2.75, 3.05) is 23.3 Å². The first kappa shape index (κ1) is 23.8. The van der Waals surface area contributed by atoms with Crippen LogP contribution >= 0.6 is 11.6 Å². The molecule has 5 N–H and O–H groups in total. The van der Waals surface area contributed by atoms with Crippen LogP contribution in [-0.2, 0) is 6.42 Å². The van der Waals surface area contributed by atoms with Gasteiger partial charge in [-0.1, -0.05) is 17.7 Å². The average Bonchev–Trinajstić information content (AvgIpc) is 2.78. The van der Waals surface area contributed by atoms with Crippen LogP contribution in [0.1, 0.15) is 23.4 Å². The number of rotatable bonds is 6. The summed E-state index contributed by atoms with van der Waals surface area (Å²) >= 11 is 6.02. The molecule has 0 aliphatic rings. The number of fused-ring (bicyclic) bond motifs is 1. The van der Waals surface area contributed by atoms with Crippen molar-refractivity contribution in [3.8, 4) is 11.8 Å². The first-order valence-corrected chi connectivity index (χ1v) is 10.4. The van der Waals surface area contributed by atoms with Gasteiger partial charge in [-0.15, -0.1) is 0 Å². The van der Waals surface area contributed by atoms with Crippen molar-refractivity contribution in [2.45, 2.75) is 12.8 Å². The fourth-order valence-corrected chi connectivity index (χ4v) is 3.79. The molecule has 0 saturated carbocycles. The monoisotopic (exact) mass is 500 g/mol. The van der Waals surface area contributed by atoms with Crippen molar-refractivity contribution in [1.82, 2.24) is 19.5 Å². The predicted molar refractivity (Wildman–Crippen MR) is 125 cm³/mol. The predicted octanol–water partition coefficient (Wildman–Crippen LogP) is 3.60. The molecular weight excluding hydrogens is 485 g/mol. The highest BCUT2D eigenvalue weighted by molar-refractivity contribution is 6.30. The highest BCUT2D eigenvalue weighted by atomic mass is 35.5. The summed E-state index contributed by atoms with van der Waals surface area (Å²) in [5.74, 6) is -0.881. The summed E-state index contributed by atoms with van der Waals surface area (Å²) in [6, 6.07) is 9.30. The zero-order chi connectivity index (χ0) is 25.3. The second kappa shape index (κ2) is 9.47. The number of nitrogens with two attached hydrogens (primary N) is 2. The Bertz CT molecular complexity index is 1550. The molecule has 4 aromatic rings. The third-order valence-electron chi connectivity index (χ3n) is 5.04. The maximum absolute atomic E-state index is 14.5. The van der Waals surface area contributed by atoms with E-state index in [0.29, 0.717) is 0 Å². The van der Waals surface area contributed by atoms with E-state index >= 15 is 0 Å². The Kier molecular flexibility index (Phi) is 6.44. The van der Waals surface area contributed by atoms with Crippen molar-refractivity contribution < 1.29 is 13.2 Å². The maximum Gasteiger partial charge on any atom is 0.268 e. The fraction of sp³-hybridized carbons (Fsp3) is 0.136. The van der Waals surface area contributed by atoms with Gasteiger partial charge in [0, 0.05) is 23.6 Å². The van der Waals surface area contributed by atoms with Crippen LogP contribution in [-0.4, -0.2) is 26.1 Å². The maximum atomic E-state index is 14.5. The van der Waals surface area contributed by atoms with E-state index in [1.165, 1.54) is 18.2 Å². The minimum Gasteiger partial charge on any atom is -0.382 e. The van der Waals surface area contributed by atoms with Crippen LogP contribution in [0, 0.1) is 17.1 Å². The van der Waals surface area contributed by atoms with Crippen molar-refractivity contribution in [3.05, 3.63) is 74.5 Å². The lowest BCUT2D eigenvalue weighted by Crippen LogP contribution is -2.26. The standard InChI is InChI=1S/C22H16ClF3N8O/c23-11-6-10(18(25)26)7-12(8-11)34-16(31-15-3-1-2-14(24)17(15)21(34)35)4-5-30-20-13(9-27)19(28)32-22(29)33-20/h1-3,6-8,18H,4-5H2,(H5,28,29,30,32,33). The lowest BCUT2D eigenvalue weighted by molar-refractivity contribution is 0.151. The van der Waals surface area contributed by atoms with E-state index in [1.807, 2.05) is 6.07 Å². The zero-order valence-corrected chi connectivity index (χ0v) is 18.5. The molecule has 0 unspecified atom stereocenters. The molecule has 4 rings (SSSR count). The van der Waals surface area contributed by atoms with E-state index in [-0.39, 0.29) is 63.6 Å². The number of aromatic nitrogens is 4. The summed E-state index contributed by atoms with van der Waals surface area (Å²) in [5, 5.41) is 11.9. The van der Waals surface area contributed by atoms with Crippen LogP contribution in [0.5, 0.6) is 0 Å². The van der Waals surface area contributed by atoms with E-state index in [1.54, 1.807) is 0 Å². The van der Waals surface area contributed by atoms with E-state index in [4.69, 9.17) is 23.1 Å². The number of nitrogens with zero attached hydrogens (tertiary/aromatic N) is 5. The smallest absolute Gasteiger partial charge is 0.268 e. The number of hydrogen-bond donors (Lipinski definition) is 3. The van der Waals surface area contributed by atoms with Gasteiger partial charge in [0.2, 0.25) is 5.95 Å². The number of nitriles is 1. The number of hydrogen-bond acceptors (Lipinski definition) is 8. The van der Waals surface area contributed by atoms with E-state index in [2.05, 4.69) is 20.3 Å². The molecule has 2 heterocycles. The molecule has 0 aliphatic carbocycles. The van der Waals surface area contributed by atoms with Gasteiger partial charge in [-0.3, -0.25) is 9.36 Å². The Morgan fingerprint density at radius 3 is 2.66 bits per heavy atom. The molecule has 0 amide bonds. The molecule has 2 aromatic carbocycles. The molecule has 178 valence electrons. The van der Waals surface area contributed by atoms with Crippen LogP contribution in [0.15, 0.2) is 41.2 Å². The molecule has 0 saturated heterocycles. The number of halogens is 4. The van der Waals surface area contributed by atoms with Gasteiger partial charge in [0.25, 0.3) is 12.0 Å². The Morgan fingerprint density at radius 1 is 1.17 bits per heavy atom. The highest BCUT2D eigenvalue weighted by Crippen LogP contribution is 2.27. The van der Waals surface area contributed by atoms with Crippen molar-refractivity contribution in [2.24, 2.45) is 0 Å². The number of alkyl halides is 2. The molecular formula is C22H16ClF3N8O. The van der Waals surface area contributed by atoms with Crippen LogP contribution < -0.4 is 22.3 Å². The largest absolute Gasteiger partial charge is 0.382 e. The minimum atomic E-state index is -2.85. The van der Waals surface area contributed by atoms with Gasteiger partial charge in [-0.05, 0) is 30.3 Å². The van der Waals surface area contributed by atoms with Crippen LogP contribution in [0.4, 0.5) is 30.8 Å². The minimum absolute atomic E-state index is 0.00121. The van der Waals surface area contributed by atoms with Gasteiger partial charge in [0.05, 0.1) is 11.2 Å². The van der Waals surface area contributed by atoms with Gasteiger partial charge < -0.3 is 16.8 Å². The van der Waals surface area contributed by atoms with Crippen LogP contribution in [0.3, 0.4) is 0 Å². The normalized spacial score (nSPS) is 11.1. The third kappa shape index (κ3) is 4.67. The van der Waals surface area contributed by atoms with Gasteiger partial charge in [0.15, 0.2) is 5.82 Å². The zero-order valence-electron chi connectivity index (χ0n) is 17.8. The first-order chi connectivity index (χ1) is 16.7. The molecule has 0 radical (unpaired) electrons. The van der Waals surface area contributed by atoms with Gasteiger partial charge in [-0.2, -0.15) is 15.2 Å². The third-order valence-corrected chi connectivity index (χ3v) is 5.26. The van der Waals surface area contributed by atoms with Gasteiger partial charge in [0.1, 0.15) is 34.5 Å². The molecule has 0 fully saturated rings. The number of benzene rings is 2. The Morgan fingerprint density at radius 2 is 1.94 bits per heavy atom. The van der Waals surface area contributed by atoms with E-state index in [0.717, 1.165) is 22.8 Å². The van der Waals surface area contributed by atoms with Gasteiger partial charge >= 0.3 is 0 Å². The Labute approximate surface area is 200 Å².